The van der Waals surface area contributed by atoms with Crippen molar-refractivity contribution in [3.05, 3.63) is 59.7 Å². The average molecular weight is 410 g/mol. The minimum atomic E-state index is -3.53. The molecule has 0 unspecified atom stereocenters. The van der Waals surface area contributed by atoms with Crippen molar-refractivity contribution in [2.24, 2.45) is 5.73 Å². The summed E-state index contributed by atoms with van der Waals surface area (Å²) in [6.45, 7) is 1.51. The molecule has 0 radical (unpaired) electrons. The predicted molar refractivity (Wildman–Crippen MR) is 109 cm³/mol. The number of anilines is 1. The van der Waals surface area contributed by atoms with Gasteiger partial charge in [0.1, 0.15) is 0 Å². The largest absolute Gasteiger partial charge is 0.326 e. The molecule has 1 heterocycles. The van der Waals surface area contributed by atoms with Gasteiger partial charge in [-0.2, -0.15) is 4.31 Å². The highest BCUT2D eigenvalue weighted by atomic mass is 35.5. The second-order valence-electron chi connectivity index (χ2n) is 6.35. The molecule has 2 aromatic carbocycles. The zero-order valence-electron chi connectivity index (χ0n) is 14.9. The van der Waals surface area contributed by atoms with E-state index in [0.717, 1.165) is 24.8 Å². The van der Waals surface area contributed by atoms with Crippen molar-refractivity contribution < 1.29 is 13.2 Å². The van der Waals surface area contributed by atoms with Crippen LogP contribution in [0.5, 0.6) is 0 Å². The number of carbonyl (C=O) groups is 1. The first kappa shape index (κ1) is 21.4. The zero-order chi connectivity index (χ0) is 18.6. The van der Waals surface area contributed by atoms with Gasteiger partial charge in [-0.05, 0) is 48.7 Å². The van der Waals surface area contributed by atoms with E-state index < -0.39 is 10.0 Å². The molecule has 0 spiro atoms. The van der Waals surface area contributed by atoms with Gasteiger partial charge in [0.2, 0.25) is 10.0 Å². The van der Waals surface area contributed by atoms with E-state index in [1.165, 1.54) is 10.4 Å². The second kappa shape index (κ2) is 9.32. The van der Waals surface area contributed by atoms with Gasteiger partial charge < -0.3 is 11.1 Å². The van der Waals surface area contributed by atoms with Crippen LogP contribution in [-0.4, -0.2) is 31.7 Å². The van der Waals surface area contributed by atoms with Gasteiger partial charge in [-0.15, -0.1) is 12.4 Å². The summed E-state index contributed by atoms with van der Waals surface area (Å²) >= 11 is 0. The molecule has 3 N–H and O–H groups in total. The summed E-state index contributed by atoms with van der Waals surface area (Å²) in [5, 5.41) is 2.76. The van der Waals surface area contributed by atoms with Crippen LogP contribution in [0.4, 0.5) is 5.69 Å². The third-order valence-corrected chi connectivity index (χ3v) is 6.39. The Balaban J connectivity index is 0.00000261. The summed E-state index contributed by atoms with van der Waals surface area (Å²) in [5.74, 6) is -0.291. The molecule has 3 rings (SSSR count). The lowest BCUT2D eigenvalue weighted by Gasteiger charge is -2.26. The molecule has 1 fully saturated rings. The number of nitrogens with zero attached hydrogens (tertiary/aromatic N) is 1. The van der Waals surface area contributed by atoms with E-state index in [-0.39, 0.29) is 23.2 Å². The number of amides is 1. The Kier molecular flexibility index (Phi) is 7.38. The molecule has 0 bridgehead atoms. The van der Waals surface area contributed by atoms with E-state index in [4.69, 9.17) is 5.73 Å². The topological polar surface area (TPSA) is 92.5 Å². The molecule has 1 aliphatic heterocycles. The van der Waals surface area contributed by atoms with Crippen LogP contribution in [0.1, 0.15) is 35.2 Å². The zero-order valence-corrected chi connectivity index (χ0v) is 16.6. The van der Waals surface area contributed by atoms with Gasteiger partial charge in [0.25, 0.3) is 5.91 Å². The smallest absolute Gasteiger partial charge is 0.255 e. The lowest BCUT2D eigenvalue weighted by Crippen LogP contribution is -2.35. The van der Waals surface area contributed by atoms with Gasteiger partial charge in [0.05, 0.1) is 4.90 Å². The maximum absolute atomic E-state index is 12.8. The maximum atomic E-state index is 12.8. The van der Waals surface area contributed by atoms with Crippen LogP contribution in [0, 0.1) is 0 Å². The van der Waals surface area contributed by atoms with Crippen molar-refractivity contribution in [1.29, 1.82) is 0 Å². The second-order valence-corrected chi connectivity index (χ2v) is 8.29. The van der Waals surface area contributed by atoms with Crippen LogP contribution in [0.15, 0.2) is 53.4 Å². The molecule has 146 valence electrons. The lowest BCUT2D eigenvalue weighted by molar-refractivity contribution is 0.102. The van der Waals surface area contributed by atoms with Crippen molar-refractivity contribution in [2.45, 2.75) is 30.7 Å². The number of carbonyl (C=O) groups excluding carboxylic acids is 1. The van der Waals surface area contributed by atoms with Gasteiger partial charge in [0.15, 0.2) is 0 Å². The van der Waals surface area contributed by atoms with Crippen LogP contribution in [0.3, 0.4) is 0 Å². The van der Waals surface area contributed by atoms with E-state index in [1.54, 1.807) is 42.5 Å². The van der Waals surface area contributed by atoms with Gasteiger partial charge in [-0.25, -0.2) is 8.42 Å². The van der Waals surface area contributed by atoms with Crippen LogP contribution in [0.25, 0.3) is 0 Å². The molecule has 6 nitrogen and oxygen atoms in total. The Morgan fingerprint density at radius 3 is 2.33 bits per heavy atom. The molecule has 0 saturated carbocycles. The minimum Gasteiger partial charge on any atom is -0.326 e. The first-order chi connectivity index (χ1) is 12.5. The number of nitrogens with one attached hydrogen (secondary N) is 1. The highest BCUT2D eigenvalue weighted by Gasteiger charge is 2.26. The third kappa shape index (κ3) is 5.07. The average Bonchev–Trinajstić information content (AvgIpc) is 2.69. The molecule has 1 saturated heterocycles. The molecule has 0 atom stereocenters. The first-order valence-corrected chi connectivity index (χ1v) is 10.2. The molecular weight excluding hydrogens is 386 g/mol. The normalized spacial score (nSPS) is 15.0. The Hall–Kier alpha value is -1.93. The standard InChI is InChI=1S/C19H23N3O3S.ClH/c20-14-15-7-9-16(10-8-15)19(23)21-17-5-4-6-18(13-17)26(24,25)22-11-2-1-3-12-22;/h4-10,13H,1-3,11-12,14,20H2,(H,21,23);1H. The van der Waals surface area contributed by atoms with E-state index in [0.29, 0.717) is 30.9 Å². The number of halogens is 1. The summed E-state index contributed by atoms with van der Waals surface area (Å²) < 4.78 is 27.1. The quantitative estimate of drug-likeness (QED) is 0.793. The number of piperidine rings is 1. The number of nitrogens with two attached hydrogens (primary N) is 1. The fourth-order valence-corrected chi connectivity index (χ4v) is 4.55. The van der Waals surface area contributed by atoms with E-state index >= 15 is 0 Å². The van der Waals surface area contributed by atoms with Crippen molar-refractivity contribution >= 4 is 34.0 Å². The van der Waals surface area contributed by atoms with Crippen LogP contribution in [-0.2, 0) is 16.6 Å². The molecule has 27 heavy (non-hydrogen) atoms. The molecule has 1 aliphatic rings. The van der Waals surface area contributed by atoms with E-state index in [2.05, 4.69) is 5.32 Å². The van der Waals surface area contributed by atoms with Gasteiger partial charge in [-0.3, -0.25) is 4.79 Å². The Bertz CT molecular complexity index is 879. The SMILES string of the molecule is Cl.NCc1ccc(C(=O)Nc2cccc(S(=O)(=O)N3CCCCC3)c2)cc1. The molecular formula is C19H24ClN3O3S. The fourth-order valence-electron chi connectivity index (χ4n) is 2.98. The monoisotopic (exact) mass is 409 g/mol. The molecule has 2 aromatic rings. The number of sulfonamides is 1. The summed E-state index contributed by atoms with van der Waals surface area (Å²) in [7, 11) is -3.53. The number of hydrogen-bond donors (Lipinski definition) is 2. The van der Waals surface area contributed by atoms with Gasteiger partial charge in [0, 0.05) is 30.9 Å². The summed E-state index contributed by atoms with van der Waals surface area (Å²) in [6.07, 6.45) is 2.83. The summed E-state index contributed by atoms with van der Waals surface area (Å²) in [6, 6.07) is 13.4. The Labute approximate surface area is 166 Å². The molecule has 8 heteroatoms. The molecule has 0 aliphatic carbocycles. The van der Waals surface area contributed by atoms with Crippen LogP contribution in [0.2, 0.25) is 0 Å². The number of hydrogen-bond acceptors (Lipinski definition) is 4. The molecule has 0 aromatic heterocycles. The van der Waals surface area contributed by atoms with Crippen molar-refractivity contribution in [2.75, 3.05) is 18.4 Å². The third-order valence-electron chi connectivity index (χ3n) is 4.50. The maximum Gasteiger partial charge on any atom is 0.255 e. The first-order valence-electron chi connectivity index (χ1n) is 8.71. The Morgan fingerprint density at radius 1 is 1.04 bits per heavy atom. The van der Waals surface area contributed by atoms with Gasteiger partial charge in [-0.1, -0.05) is 24.6 Å². The van der Waals surface area contributed by atoms with Crippen molar-refractivity contribution in [1.82, 2.24) is 4.31 Å². The summed E-state index contributed by atoms with van der Waals surface area (Å²) in [4.78, 5) is 12.6. The number of benzene rings is 2. The van der Waals surface area contributed by atoms with Crippen molar-refractivity contribution in [3.63, 3.8) is 0 Å². The number of rotatable bonds is 5. The van der Waals surface area contributed by atoms with E-state index in [9.17, 15) is 13.2 Å². The lowest BCUT2D eigenvalue weighted by atomic mass is 10.1. The molecule has 1 amide bonds. The van der Waals surface area contributed by atoms with Crippen LogP contribution >= 0.6 is 12.4 Å². The predicted octanol–water partition coefficient (Wildman–Crippen LogP) is 2.99. The highest BCUT2D eigenvalue weighted by molar-refractivity contribution is 7.89. The van der Waals surface area contributed by atoms with Crippen molar-refractivity contribution in [3.8, 4) is 0 Å². The highest BCUT2D eigenvalue weighted by Crippen LogP contribution is 2.23. The van der Waals surface area contributed by atoms with Gasteiger partial charge >= 0.3 is 0 Å². The Morgan fingerprint density at radius 2 is 1.70 bits per heavy atom. The summed E-state index contributed by atoms with van der Waals surface area (Å²) in [5.41, 5.74) is 7.44. The van der Waals surface area contributed by atoms with Crippen LogP contribution < -0.4 is 11.1 Å². The van der Waals surface area contributed by atoms with E-state index in [1.807, 2.05) is 0 Å². The minimum absolute atomic E-state index is 0. The fraction of sp³-hybridized carbons (Fsp3) is 0.316.